The van der Waals surface area contributed by atoms with Crippen LogP contribution in [0.2, 0.25) is 0 Å². The normalized spacial score (nSPS) is 15.7. The molecule has 3 heterocycles. The van der Waals surface area contributed by atoms with Crippen LogP contribution in [-0.2, 0) is 6.18 Å². The Morgan fingerprint density at radius 2 is 1.62 bits per heavy atom. The van der Waals surface area contributed by atoms with Crippen LogP contribution in [0.4, 0.5) is 24.9 Å². The van der Waals surface area contributed by atoms with Gasteiger partial charge in [0.05, 0.1) is 0 Å². The molecule has 6 nitrogen and oxygen atoms in total. The fourth-order valence-electron chi connectivity index (χ4n) is 2.62. The van der Waals surface area contributed by atoms with E-state index in [0.29, 0.717) is 26.2 Å². The van der Waals surface area contributed by atoms with Gasteiger partial charge in [-0.2, -0.15) is 13.2 Å². The van der Waals surface area contributed by atoms with Gasteiger partial charge in [0.25, 0.3) is 0 Å². The second-order valence-corrected chi connectivity index (χ2v) is 5.62. The minimum atomic E-state index is -4.46. The number of piperazine rings is 1. The molecule has 0 N–H and O–H groups in total. The average Bonchev–Trinajstić information content (AvgIpc) is 2.57. The number of aryl methyl sites for hydroxylation is 1. The predicted octanol–water partition coefficient (Wildman–Crippen LogP) is 2.23. The summed E-state index contributed by atoms with van der Waals surface area (Å²) in [6.07, 6.45) is -1.79. The van der Waals surface area contributed by atoms with Gasteiger partial charge in [-0.05, 0) is 19.9 Å². The topological polar surface area (TPSA) is 58.0 Å². The molecule has 1 aliphatic heterocycles. The van der Waals surface area contributed by atoms with E-state index < -0.39 is 11.9 Å². The van der Waals surface area contributed by atoms with E-state index in [2.05, 4.69) is 24.8 Å². The summed E-state index contributed by atoms with van der Waals surface area (Å²) in [7, 11) is 0. The molecule has 2 aromatic heterocycles. The minimum absolute atomic E-state index is 0.111. The summed E-state index contributed by atoms with van der Waals surface area (Å²) in [6, 6.07) is 0.882. The lowest BCUT2D eigenvalue weighted by atomic mass is 10.2. The van der Waals surface area contributed by atoms with E-state index in [0.717, 1.165) is 29.3 Å². The number of hydrogen-bond donors (Lipinski definition) is 0. The van der Waals surface area contributed by atoms with Crippen LogP contribution in [0.3, 0.4) is 0 Å². The molecule has 0 radical (unpaired) electrons. The molecule has 2 aromatic rings. The third-order valence-corrected chi connectivity index (χ3v) is 4.10. The second-order valence-electron chi connectivity index (χ2n) is 5.62. The minimum Gasteiger partial charge on any atom is -0.353 e. The van der Waals surface area contributed by atoms with E-state index in [4.69, 9.17) is 0 Å². The molecule has 0 spiro atoms. The van der Waals surface area contributed by atoms with E-state index in [1.807, 2.05) is 13.8 Å². The van der Waals surface area contributed by atoms with Crippen molar-refractivity contribution in [1.29, 1.82) is 0 Å². The van der Waals surface area contributed by atoms with Gasteiger partial charge in [-0.3, -0.25) is 0 Å². The molecule has 3 rings (SSSR count). The van der Waals surface area contributed by atoms with Gasteiger partial charge in [-0.15, -0.1) is 0 Å². The van der Waals surface area contributed by atoms with E-state index in [9.17, 15) is 13.2 Å². The average molecular weight is 338 g/mol. The molecule has 0 aromatic carbocycles. The van der Waals surface area contributed by atoms with Crippen molar-refractivity contribution in [1.82, 2.24) is 19.9 Å². The number of anilines is 2. The van der Waals surface area contributed by atoms with Gasteiger partial charge in [-0.1, -0.05) is 0 Å². The smallest absolute Gasteiger partial charge is 0.353 e. The van der Waals surface area contributed by atoms with Crippen LogP contribution in [0, 0.1) is 13.8 Å². The maximum Gasteiger partial charge on any atom is 0.433 e. The van der Waals surface area contributed by atoms with E-state index in [1.165, 1.54) is 6.33 Å². The molecule has 0 aliphatic carbocycles. The van der Waals surface area contributed by atoms with Crippen molar-refractivity contribution >= 4 is 11.8 Å². The van der Waals surface area contributed by atoms with Crippen LogP contribution < -0.4 is 9.80 Å². The largest absolute Gasteiger partial charge is 0.433 e. The Balaban J connectivity index is 1.73. The summed E-state index contributed by atoms with van der Waals surface area (Å²) < 4.78 is 38.3. The third kappa shape index (κ3) is 3.24. The first-order valence-electron chi connectivity index (χ1n) is 7.54. The number of halogens is 3. The summed E-state index contributed by atoms with van der Waals surface area (Å²) in [5, 5.41) is 0. The van der Waals surface area contributed by atoms with Crippen LogP contribution in [0.25, 0.3) is 0 Å². The molecule has 24 heavy (non-hydrogen) atoms. The second kappa shape index (κ2) is 6.21. The van der Waals surface area contributed by atoms with Crippen LogP contribution >= 0.6 is 0 Å². The fourth-order valence-corrected chi connectivity index (χ4v) is 2.62. The molecule has 1 saturated heterocycles. The predicted molar refractivity (Wildman–Crippen MR) is 83.0 cm³/mol. The zero-order chi connectivity index (χ0) is 17.3. The SMILES string of the molecule is Cc1ncnc(N2CCN(c3nccc(C(F)(F)F)n3)CC2)c1C. The summed E-state index contributed by atoms with van der Waals surface area (Å²) in [4.78, 5) is 20.0. The fraction of sp³-hybridized carbons (Fsp3) is 0.467. The lowest BCUT2D eigenvalue weighted by Crippen LogP contribution is -2.47. The summed E-state index contributed by atoms with van der Waals surface area (Å²) in [6.45, 7) is 6.22. The van der Waals surface area contributed by atoms with Crippen molar-refractivity contribution in [2.24, 2.45) is 0 Å². The molecule has 9 heteroatoms. The van der Waals surface area contributed by atoms with Gasteiger partial charge in [0.2, 0.25) is 5.95 Å². The number of rotatable bonds is 2. The number of aromatic nitrogens is 4. The maximum absolute atomic E-state index is 12.8. The van der Waals surface area contributed by atoms with Gasteiger partial charge in [0.1, 0.15) is 17.8 Å². The molecule has 0 unspecified atom stereocenters. The van der Waals surface area contributed by atoms with Crippen molar-refractivity contribution in [2.45, 2.75) is 20.0 Å². The maximum atomic E-state index is 12.8. The van der Waals surface area contributed by atoms with Crippen LogP contribution in [0.15, 0.2) is 18.6 Å². The van der Waals surface area contributed by atoms with Gasteiger partial charge < -0.3 is 9.80 Å². The van der Waals surface area contributed by atoms with Gasteiger partial charge in [-0.25, -0.2) is 19.9 Å². The Labute approximate surface area is 137 Å². The molecule has 1 fully saturated rings. The molecular formula is C15H17F3N6. The zero-order valence-electron chi connectivity index (χ0n) is 13.4. The standard InChI is InChI=1S/C15H17F3N6/c1-10-11(2)20-9-21-13(10)23-5-7-24(8-6-23)14-19-4-3-12(22-14)15(16,17)18/h3-4,9H,5-8H2,1-2H3. The van der Waals surface area contributed by atoms with Crippen molar-refractivity contribution in [3.63, 3.8) is 0 Å². The Hall–Kier alpha value is -2.45. The van der Waals surface area contributed by atoms with Crippen molar-refractivity contribution in [3.8, 4) is 0 Å². The van der Waals surface area contributed by atoms with Crippen LogP contribution in [0.5, 0.6) is 0 Å². The first-order chi connectivity index (χ1) is 11.4. The molecule has 0 amide bonds. The van der Waals surface area contributed by atoms with Crippen LogP contribution in [-0.4, -0.2) is 46.1 Å². The highest BCUT2D eigenvalue weighted by molar-refractivity contribution is 5.49. The third-order valence-electron chi connectivity index (χ3n) is 4.10. The van der Waals surface area contributed by atoms with Gasteiger partial charge in [0.15, 0.2) is 0 Å². The van der Waals surface area contributed by atoms with E-state index in [1.54, 1.807) is 4.90 Å². The highest BCUT2D eigenvalue weighted by Gasteiger charge is 2.33. The zero-order valence-corrected chi connectivity index (χ0v) is 13.4. The number of hydrogen-bond acceptors (Lipinski definition) is 6. The summed E-state index contributed by atoms with van der Waals surface area (Å²) in [5.41, 5.74) is 1.02. The molecule has 128 valence electrons. The molecule has 0 saturated carbocycles. The monoisotopic (exact) mass is 338 g/mol. The van der Waals surface area contributed by atoms with Gasteiger partial charge in [0, 0.05) is 43.6 Å². The Bertz CT molecular complexity index is 725. The molecule has 1 aliphatic rings. The molecular weight excluding hydrogens is 321 g/mol. The quantitative estimate of drug-likeness (QED) is 0.837. The summed E-state index contributed by atoms with van der Waals surface area (Å²) in [5.74, 6) is 0.979. The first-order valence-corrected chi connectivity index (χ1v) is 7.54. The lowest BCUT2D eigenvalue weighted by molar-refractivity contribution is -0.141. The van der Waals surface area contributed by atoms with Crippen LogP contribution in [0.1, 0.15) is 17.0 Å². The number of nitrogens with zero attached hydrogens (tertiary/aromatic N) is 6. The molecule has 0 atom stereocenters. The first kappa shape index (κ1) is 16.4. The van der Waals surface area contributed by atoms with Gasteiger partial charge >= 0.3 is 6.18 Å². The van der Waals surface area contributed by atoms with Crippen molar-refractivity contribution < 1.29 is 13.2 Å². The van der Waals surface area contributed by atoms with E-state index in [-0.39, 0.29) is 5.95 Å². The molecule has 0 bridgehead atoms. The number of alkyl halides is 3. The highest BCUT2D eigenvalue weighted by Crippen LogP contribution is 2.28. The van der Waals surface area contributed by atoms with E-state index >= 15 is 0 Å². The Morgan fingerprint density at radius 3 is 2.29 bits per heavy atom. The lowest BCUT2D eigenvalue weighted by Gasteiger charge is -2.36. The Morgan fingerprint density at radius 1 is 0.958 bits per heavy atom. The highest BCUT2D eigenvalue weighted by atomic mass is 19.4. The van der Waals surface area contributed by atoms with Crippen molar-refractivity contribution in [2.75, 3.05) is 36.0 Å². The van der Waals surface area contributed by atoms with Crippen molar-refractivity contribution in [3.05, 3.63) is 35.5 Å². The Kier molecular flexibility index (Phi) is 4.25. The summed E-state index contributed by atoms with van der Waals surface area (Å²) >= 11 is 0.